The second kappa shape index (κ2) is 5.79. The zero-order valence-corrected chi connectivity index (χ0v) is 14.4. The Balaban J connectivity index is 2.11. The molecule has 1 aromatic heterocycles. The van der Waals surface area contributed by atoms with E-state index < -0.39 is 10.0 Å². The Kier molecular flexibility index (Phi) is 3.93. The van der Waals surface area contributed by atoms with Gasteiger partial charge in [0.25, 0.3) is 10.0 Å². The minimum atomic E-state index is -3.69. The molecule has 0 unspecified atom stereocenters. The predicted octanol–water partition coefficient (Wildman–Crippen LogP) is 4.05. The first-order valence-electron chi connectivity index (χ1n) is 7.42. The SMILES string of the molecule is CC(=O)c1c(C)oc2c(C)cc(NS(=O)(=O)c3ccccc3)cc12. The average Bonchev–Trinajstić information content (AvgIpc) is 2.84. The molecular formula is C18H17NO4S. The lowest BCUT2D eigenvalue weighted by molar-refractivity contribution is 0.101. The number of carbonyl (C=O) groups excluding carboxylic acids is 1. The highest BCUT2D eigenvalue weighted by molar-refractivity contribution is 7.92. The molecule has 0 spiro atoms. The van der Waals surface area contributed by atoms with E-state index in [1.54, 1.807) is 37.3 Å². The fraction of sp³-hybridized carbons (Fsp3) is 0.167. The lowest BCUT2D eigenvalue weighted by Gasteiger charge is -2.09. The van der Waals surface area contributed by atoms with E-state index in [1.165, 1.54) is 19.1 Å². The number of ketones is 1. The maximum absolute atomic E-state index is 12.5. The van der Waals surface area contributed by atoms with E-state index in [1.807, 2.05) is 6.92 Å². The van der Waals surface area contributed by atoms with Crippen molar-refractivity contribution in [2.75, 3.05) is 4.72 Å². The first-order valence-corrected chi connectivity index (χ1v) is 8.90. The Bertz CT molecular complexity index is 1030. The number of Topliss-reactive ketones (excluding diaryl/α,β-unsaturated/α-hetero) is 1. The maximum atomic E-state index is 12.5. The topological polar surface area (TPSA) is 76.4 Å². The number of anilines is 1. The average molecular weight is 343 g/mol. The fourth-order valence-electron chi connectivity index (χ4n) is 2.80. The van der Waals surface area contributed by atoms with E-state index >= 15 is 0 Å². The largest absolute Gasteiger partial charge is 0.460 e. The van der Waals surface area contributed by atoms with Crippen LogP contribution in [0.3, 0.4) is 0 Å². The number of aryl methyl sites for hydroxylation is 2. The van der Waals surface area contributed by atoms with Crippen molar-refractivity contribution in [3.05, 3.63) is 59.4 Å². The molecule has 0 amide bonds. The Labute approximate surface area is 140 Å². The third-order valence-corrected chi connectivity index (χ3v) is 5.21. The fourth-order valence-corrected chi connectivity index (χ4v) is 3.86. The molecule has 0 aliphatic carbocycles. The maximum Gasteiger partial charge on any atom is 0.261 e. The highest BCUT2D eigenvalue weighted by Gasteiger charge is 2.19. The molecule has 1 heterocycles. The molecule has 6 heteroatoms. The highest BCUT2D eigenvalue weighted by Crippen LogP contribution is 2.32. The monoisotopic (exact) mass is 343 g/mol. The smallest absolute Gasteiger partial charge is 0.261 e. The van der Waals surface area contributed by atoms with Gasteiger partial charge in [-0.3, -0.25) is 9.52 Å². The second-order valence-electron chi connectivity index (χ2n) is 5.68. The molecule has 3 aromatic rings. The summed E-state index contributed by atoms with van der Waals surface area (Å²) < 4.78 is 33.2. The minimum Gasteiger partial charge on any atom is -0.460 e. The standard InChI is InChI=1S/C18H17NO4S/c1-11-9-14(19-24(21,22)15-7-5-4-6-8-15)10-16-17(12(2)20)13(3)23-18(11)16/h4-10,19H,1-3H3. The summed E-state index contributed by atoms with van der Waals surface area (Å²) in [5.74, 6) is 0.414. The van der Waals surface area contributed by atoms with E-state index in [0.29, 0.717) is 28.0 Å². The summed E-state index contributed by atoms with van der Waals surface area (Å²) in [6, 6.07) is 11.5. The summed E-state index contributed by atoms with van der Waals surface area (Å²) in [6.07, 6.45) is 0. The Morgan fingerprint density at radius 3 is 2.38 bits per heavy atom. The molecular weight excluding hydrogens is 326 g/mol. The summed E-state index contributed by atoms with van der Waals surface area (Å²) in [6.45, 7) is 5.01. The van der Waals surface area contributed by atoms with Gasteiger partial charge in [0, 0.05) is 11.1 Å². The molecule has 0 radical (unpaired) electrons. The van der Waals surface area contributed by atoms with Gasteiger partial charge in [0.1, 0.15) is 11.3 Å². The molecule has 2 aromatic carbocycles. The Hall–Kier alpha value is -2.60. The van der Waals surface area contributed by atoms with Crippen LogP contribution in [0.4, 0.5) is 5.69 Å². The van der Waals surface area contributed by atoms with Crippen molar-refractivity contribution in [2.24, 2.45) is 0 Å². The normalized spacial score (nSPS) is 11.6. The van der Waals surface area contributed by atoms with Gasteiger partial charge in [-0.15, -0.1) is 0 Å². The molecule has 124 valence electrons. The van der Waals surface area contributed by atoms with Crippen LogP contribution in [0, 0.1) is 13.8 Å². The Morgan fingerprint density at radius 1 is 1.08 bits per heavy atom. The molecule has 5 nitrogen and oxygen atoms in total. The van der Waals surface area contributed by atoms with E-state index in [2.05, 4.69) is 4.72 Å². The van der Waals surface area contributed by atoms with Gasteiger partial charge in [-0.2, -0.15) is 0 Å². The van der Waals surface area contributed by atoms with Crippen molar-refractivity contribution < 1.29 is 17.6 Å². The first-order chi connectivity index (χ1) is 11.3. The van der Waals surface area contributed by atoms with E-state index in [0.717, 1.165) is 5.56 Å². The molecule has 0 aliphatic heterocycles. The van der Waals surface area contributed by atoms with Gasteiger partial charge < -0.3 is 4.42 Å². The molecule has 1 N–H and O–H groups in total. The lowest BCUT2D eigenvalue weighted by atomic mass is 10.0. The van der Waals surface area contributed by atoms with Gasteiger partial charge in [-0.05, 0) is 50.6 Å². The number of benzene rings is 2. The van der Waals surface area contributed by atoms with E-state index in [-0.39, 0.29) is 10.7 Å². The van der Waals surface area contributed by atoms with Crippen LogP contribution in [-0.4, -0.2) is 14.2 Å². The van der Waals surface area contributed by atoms with Gasteiger partial charge in [-0.1, -0.05) is 18.2 Å². The number of rotatable bonds is 4. The van der Waals surface area contributed by atoms with Crippen LogP contribution in [0.15, 0.2) is 51.8 Å². The predicted molar refractivity (Wildman–Crippen MR) is 92.9 cm³/mol. The zero-order chi connectivity index (χ0) is 17.5. The third kappa shape index (κ3) is 2.80. The molecule has 0 fully saturated rings. The molecule has 0 bridgehead atoms. The molecule has 0 atom stereocenters. The van der Waals surface area contributed by atoms with E-state index in [4.69, 9.17) is 4.42 Å². The van der Waals surface area contributed by atoms with Crippen LogP contribution in [0.25, 0.3) is 11.0 Å². The van der Waals surface area contributed by atoms with Crippen LogP contribution in [0.1, 0.15) is 28.6 Å². The van der Waals surface area contributed by atoms with Crippen LogP contribution in [-0.2, 0) is 10.0 Å². The van der Waals surface area contributed by atoms with Crippen molar-refractivity contribution in [1.82, 2.24) is 0 Å². The summed E-state index contributed by atoms with van der Waals surface area (Å²) in [5.41, 5.74) is 2.23. The summed E-state index contributed by atoms with van der Waals surface area (Å²) in [7, 11) is -3.69. The van der Waals surface area contributed by atoms with Gasteiger partial charge in [-0.25, -0.2) is 8.42 Å². The first kappa shape index (κ1) is 16.3. The summed E-state index contributed by atoms with van der Waals surface area (Å²) in [5, 5.41) is 0.616. The highest BCUT2D eigenvalue weighted by atomic mass is 32.2. The molecule has 0 aliphatic rings. The van der Waals surface area contributed by atoms with Crippen molar-refractivity contribution >= 4 is 32.5 Å². The number of nitrogens with one attached hydrogen (secondary N) is 1. The number of carbonyl (C=O) groups is 1. The van der Waals surface area contributed by atoms with Crippen LogP contribution >= 0.6 is 0 Å². The second-order valence-corrected chi connectivity index (χ2v) is 7.36. The number of sulfonamides is 1. The zero-order valence-electron chi connectivity index (χ0n) is 13.6. The van der Waals surface area contributed by atoms with Crippen LogP contribution in [0.5, 0.6) is 0 Å². The number of fused-ring (bicyclic) bond motifs is 1. The summed E-state index contributed by atoms with van der Waals surface area (Å²) in [4.78, 5) is 12.1. The number of hydrogen-bond acceptors (Lipinski definition) is 4. The van der Waals surface area contributed by atoms with Gasteiger partial charge in [0.15, 0.2) is 5.78 Å². The molecule has 0 saturated carbocycles. The minimum absolute atomic E-state index is 0.117. The van der Waals surface area contributed by atoms with Crippen molar-refractivity contribution in [2.45, 2.75) is 25.7 Å². The molecule has 24 heavy (non-hydrogen) atoms. The van der Waals surface area contributed by atoms with Crippen LogP contribution < -0.4 is 4.72 Å². The van der Waals surface area contributed by atoms with Crippen molar-refractivity contribution in [1.29, 1.82) is 0 Å². The number of hydrogen-bond donors (Lipinski definition) is 1. The third-order valence-electron chi connectivity index (χ3n) is 3.81. The van der Waals surface area contributed by atoms with Crippen molar-refractivity contribution in [3.63, 3.8) is 0 Å². The molecule has 0 saturated heterocycles. The van der Waals surface area contributed by atoms with Gasteiger partial charge in [0.2, 0.25) is 0 Å². The quantitative estimate of drug-likeness (QED) is 0.725. The van der Waals surface area contributed by atoms with Crippen molar-refractivity contribution in [3.8, 4) is 0 Å². The lowest BCUT2D eigenvalue weighted by Crippen LogP contribution is -2.12. The van der Waals surface area contributed by atoms with Gasteiger partial charge >= 0.3 is 0 Å². The molecule has 3 rings (SSSR count). The van der Waals surface area contributed by atoms with Gasteiger partial charge in [0.05, 0.1) is 10.5 Å². The Morgan fingerprint density at radius 2 is 1.75 bits per heavy atom. The number of furan rings is 1. The van der Waals surface area contributed by atoms with Crippen LogP contribution in [0.2, 0.25) is 0 Å². The summed E-state index contributed by atoms with van der Waals surface area (Å²) >= 11 is 0. The van der Waals surface area contributed by atoms with E-state index in [9.17, 15) is 13.2 Å².